The maximum absolute atomic E-state index is 13.8. The molecule has 0 aromatic heterocycles. The Kier molecular flexibility index (Phi) is 10.2. The van der Waals surface area contributed by atoms with Gasteiger partial charge in [0, 0.05) is 23.1 Å². The van der Waals surface area contributed by atoms with Crippen molar-refractivity contribution in [1.29, 1.82) is 0 Å². The summed E-state index contributed by atoms with van der Waals surface area (Å²) in [5.74, 6) is -0.868. The van der Waals surface area contributed by atoms with E-state index in [0.29, 0.717) is 27.8 Å². The third-order valence-electron chi connectivity index (χ3n) is 5.93. The number of carbonyl (C=O) groups excluding carboxylic acids is 2. The molecular formula is C28H31Cl2N3O4S. The van der Waals surface area contributed by atoms with Crippen LogP contribution in [0.15, 0.2) is 77.7 Å². The summed E-state index contributed by atoms with van der Waals surface area (Å²) in [7, 11) is -4.15. The standard InChI is InChI=1S/C28H31Cl2N3O4S/c1-4-15-31-28(35)21(3)32(18-22-8-6-9-24(30)17-22)27(34)19-33(25-10-5-7-20(2)16-25)38(36,37)26-13-11-23(29)12-14-26/h5-14,16-17,21H,4,15,18-19H2,1-3H3,(H,31,35)/t21-/m0/s1. The third kappa shape index (κ3) is 7.49. The minimum absolute atomic E-state index is 0.00802. The molecule has 202 valence electrons. The van der Waals surface area contributed by atoms with Crippen LogP contribution in [0.1, 0.15) is 31.4 Å². The first-order chi connectivity index (χ1) is 18.0. The Labute approximate surface area is 234 Å². The van der Waals surface area contributed by atoms with Crippen LogP contribution < -0.4 is 9.62 Å². The zero-order chi connectivity index (χ0) is 27.9. The second kappa shape index (κ2) is 13.1. The SMILES string of the molecule is CCCNC(=O)[C@H](C)N(Cc1cccc(Cl)c1)C(=O)CN(c1cccc(C)c1)S(=O)(=O)c1ccc(Cl)cc1. The van der Waals surface area contributed by atoms with Gasteiger partial charge in [0.05, 0.1) is 10.6 Å². The molecule has 0 saturated carbocycles. The number of anilines is 1. The van der Waals surface area contributed by atoms with Crippen molar-refractivity contribution in [3.05, 3.63) is 94.0 Å². The van der Waals surface area contributed by atoms with E-state index < -0.39 is 28.5 Å². The Morgan fingerprint density at radius 2 is 1.63 bits per heavy atom. The van der Waals surface area contributed by atoms with Crippen LogP contribution in [0.2, 0.25) is 10.0 Å². The Balaban J connectivity index is 2.02. The normalized spacial score (nSPS) is 12.0. The maximum Gasteiger partial charge on any atom is 0.264 e. The molecule has 0 aliphatic rings. The van der Waals surface area contributed by atoms with Gasteiger partial charge >= 0.3 is 0 Å². The van der Waals surface area contributed by atoms with Crippen molar-refractivity contribution >= 4 is 50.7 Å². The highest BCUT2D eigenvalue weighted by Crippen LogP contribution is 2.26. The summed E-state index contributed by atoms with van der Waals surface area (Å²) < 4.78 is 28.6. The predicted octanol–water partition coefficient (Wildman–Crippen LogP) is 5.44. The monoisotopic (exact) mass is 575 g/mol. The van der Waals surface area contributed by atoms with Gasteiger partial charge in [-0.25, -0.2) is 8.42 Å². The van der Waals surface area contributed by atoms with E-state index >= 15 is 0 Å². The van der Waals surface area contributed by atoms with Gasteiger partial charge in [0.2, 0.25) is 11.8 Å². The first-order valence-corrected chi connectivity index (χ1v) is 14.4. The topological polar surface area (TPSA) is 86.8 Å². The third-order valence-corrected chi connectivity index (χ3v) is 8.20. The highest BCUT2D eigenvalue weighted by Gasteiger charge is 2.32. The smallest absolute Gasteiger partial charge is 0.264 e. The first-order valence-electron chi connectivity index (χ1n) is 12.2. The van der Waals surface area contributed by atoms with Crippen LogP contribution in [-0.4, -0.2) is 44.3 Å². The minimum atomic E-state index is -4.15. The molecule has 10 heteroatoms. The number of benzene rings is 3. The van der Waals surface area contributed by atoms with E-state index in [-0.39, 0.29) is 17.3 Å². The van der Waals surface area contributed by atoms with E-state index in [9.17, 15) is 18.0 Å². The number of nitrogens with one attached hydrogen (secondary N) is 1. The van der Waals surface area contributed by atoms with E-state index in [1.165, 1.54) is 29.2 Å². The van der Waals surface area contributed by atoms with Crippen LogP contribution in [0.25, 0.3) is 0 Å². The number of rotatable bonds is 11. The summed E-state index contributed by atoms with van der Waals surface area (Å²) in [6.45, 7) is 5.41. The Bertz CT molecular complexity index is 1380. The van der Waals surface area contributed by atoms with Crippen LogP contribution >= 0.6 is 23.2 Å². The van der Waals surface area contributed by atoms with Gasteiger partial charge in [-0.3, -0.25) is 13.9 Å². The molecule has 3 rings (SSSR count). The molecule has 0 heterocycles. The van der Waals surface area contributed by atoms with Crippen molar-refractivity contribution < 1.29 is 18.0 Å². The lowest BCUT2D eigenvalue weighted by molar-refractivity contribution is -0.139. The zero-order valence-electron chi connectivity index (χ0n) is 21.5. The van der Waals surface area contributed by atoms with Crippen LogP contribution in [0.3, 0.4) is 0 Å². The van der Waals surface area contributed by atoms with Crippen molar-refractivity contribution in [2.45, 2.75) is 44.7 Å². The molecule has 1 atom stereocenters. The van der Waals surface area contributed by atoms with Gasteiger partial charge in [0.1, 0.15) is 12.6 Å². The first kappa shape index (κ1) is 29.5. The molecule has 0 saturated heterocycles. The summed E-state index contributed by atoms with van der Waals surface area (Å²) in [6, 6.07) is 18.8. The second-order valence-electron chi connectivity index (χ2n) is 8.92. The quantitative estimate of drug-likeness (QED) is 0.330. The number of halogens is 2. The number of nitrogens with zero attached hydrogens (tertiary/aromatic N) is 2. The number of amides is 2. The molecule has 3 aromatic carbocycles. The van der Waals surface area contributed by atoms with Gasteiger partial charge < -0.3 is 10.2 Å². The lowest BCUT2D eigenvalue weighted by Gasteiger charge is -2.32. The Morgan fingerprint density at radius 3 is 2.26 bits per heavy atom. The molecule has 2 amide bonds. The van der Waals surface area contributed by atoms with Crippen molar-refractivity contribution in [2.24, 2.45) is 0 Å². The highest BCUT2D eigenvalue weighted by molar-refractivity contribution is 7.92. The van der Waals surface area contributed by atoms with Gasteiger partial charge in [0.15, 0.2) is 0 Å². The fourth-order valence-electron chi connectivity index (χ4n) is 3.86. The molecule has 0 fully saturated rings. The lowest BCUT2D eigenvalue weighted by Crippen LogP contribution is -2.51. The molecule has 0 aliphatic heterocycles. The fraction of sp³-hybridized carbons (Fsp3) is 0.286. The van der Waals surface area contributed by atoms with Crippen LogP contribution in [0.5, 0.6) is 0 Å². The summed E-state index contributed by atoms with van der Waals surface area (Å²) >= 11 is 12.1. The van der Waals surface area contributed by atoms with Gasteiger partial charge in [-0.15, -0.1) is 0 Å². The molecule has 3 aromatic rings. The van der Waals surface area contributed by atoms with E-state index in [0.717, 1.165) is 16.3 Å². The van der Waals surface area contributed by atoms with Gasteiger partial charge in [-0.2, -0.15) is 0 Å². The molecule has 0 bridgehead atoms. The average Bonchev–Trinajstić information content (AvgIpc) is 2.88. The number of sulfonamides is 1. The summed E-state index contributed by atoms with van der Waals surface area (Å²) in [5.41, 5.74) is 1.87. The number of aryl methyl sites for hydroxylation is 1. The van der Waals surface area contributed by atoms with Crippen molar-refractivity contribution in [1.82, 2.24) is 10.2 Å². The van der Waals surface area contributed by atoms with E-state index in [1.54, 1.807) is 49.4 Å². The number of hydrogen-bond donors (Lipinski definition) is 1. The molecule has 0 radical (unpaired) electrons. The predicted molar refractivity (Wildman–Crippen MR) is 152 cm³/mol. The van der Waals surface area contributed by atoms with Crippen LogP contribution in [-0.2, 0) is 26.2 Å². The van der Waals surface area contributed by atoms with Crippen molar-refractivity contribution in [3.8, 4) is 0 Å². The molecule has 0 unspecified atom stereocenters. The fourth-order valence-corrected chi connectivity index (χ4v) is 5.60. The molecule has 0 spiro atoms. The molecule has 1 N–H and O–H groups in total. The molecule has 0 aliphatic carbocycles. The van der Waals surface area contributed by atoms with Gasteiger partial charge in [-0.1, -0.05) is 54.4 Å². The van der Waals surface area contributed by atoms with Crippen LogP contribution in [0, 0.1) is 6.92 Å². The van der Waals surface area contributed by atoms with Crippen molar-refractivity contribution in [2.75, 3.05) is 17.4 Å². The highest BCUT2D eigenvalue weighted by atomic mass is 35.5. The van der Waals surface area contributed by atoms with Crippen LogP contribution in [0.4, 0.5) is 5.69 Å². The van der Waals surface area contributed by atoms with E-state index in [4.69, 9.17) is 23.2 Å². The number of carbonyl (C=O) groups is 2. The summed E-state index contributed by atoms with van der Waals surface area (Å²) in [5, 5.41) is 3.70. The number of hydrogen-bond acceptors (Lipinski definition) is 4. The van der Waals surface area contributed by atoms with Gasteiger partial charge in [-0.05, 0) is 79.9 Å². The molecule has 38 heavy (non-hydrogen) atoms. The van der Waals surface area contributed by atoms with E-state index in [1.807, 2.05) is 19.9 Å². The van der Waals surface area contributed by atoms with Gasteiger partial charge in [0.25, 0.3) is 10.0 Å². The zero-order valence-corrected chi connectivity index (χ0v) is 23.9. The summed E-state index contributed by atoms with van der Waals surface area (Å²) in [4.78, 5) is 28.1. The van der Waals surface area contributed by atoms with E-state index in [2.05, 4.69) is 5.32 Å². The largest absolute Gasteiger partial charge is 0.354 e. The lowest BCUT2D eigenvalue weighted by atomic mass is 10.1. The molecular weight excluding hydrogens is 545 g/mol. The maximum atomic E-state index is 13.8. The minimum Gasteiger partial charge on any atom is -0.354 e. The molecule has 7 nitrogen and oxygen atoms in total. The van der Waals surface area contributed by atoms with Crippen molar-refractivity contribution in [3.63, 3.8) is 0 Å². The Morgan fingerprint density at radius 1 is 0.947 bits per heavy atom. The average molecular weight is 577 g/mol. The summed E-state index contributed by atoms with van der Waals surface area (Å²) in [6.07, 6.45) is 0.737. The Hall–Kier alpha value is -3.07. The second-order valence-corrected chi connectivity index (χ2v) is 11.7.